The monoisotopic (exact) mass is 471 g/mol. The second-order valence-corrected chi connectivity index (χ2v) is 10.1. The number of carbonyl (C=O) groups is 1. The number of thioether (sulfide) groups is 1. The van der Waals surface area contributed by atoms with E-state index in [-0.39, 0.29) is 5.97 Å². The summed E-state index contributed by atoms with van der Waals surface area (Å²) in [7, 11) is 2.12. The van der Waals surface area contributed by atoms with E-state index in [0.29, 0.717) is 13.0 Å². The summed E-state index contributed by atoms with van der Waals surface area (Å²) < 4.78 is 7.68. The van der Waals surface area contributed by atoms with Crippen LogP contribution in [-0.4, -0.2) is 36.5 Å². The van der Waals surface area contributed by atoms with Gasteiger partial charge in [-0.3, -0.25) is 4.79 Å². The van der Waals surface area contributed by atoms with E-state index in [2.05, 4.69) is 98.0 Å². The second kappa shape index (κ2) is 8.62. The first-order valence-electron chi connectivity index (χ1n) is 11.9. The van der Waals surface area contributed by atoms with Crippen LogP contribution in [0, 0.1) is 0 Å². The zero-order valence-electron chi connectivity index (χ0n) is 20.5. The molecule has 174 valence electrons. The van der Waals surface area contributed by atoms with Crippen LogP contribution in [0.2, 0.25) is 0 Å². The van der Waals surface area contributed by atoms with Crippen molar-refractivity contribution in [3.63, 3.8) is 0 Å². The van der Waals surface area contributed by atoms with E-state index in [1.807, 2.05) is 18.7 Å². The van der Waals surface area contributed by atoms with Gasteiger partial charge in [-0.2, -0.15) is 4.58 Å². The zero-order valence-corrected chi connectivity index (χ0v) is 21.3. The summed E-state index contributed by atoms with van der Waals surface area (Å²) in [5.41, 5.74) is 5.49. The number of allylic oxidation sites excluding steroid dienone is 1. The molecular weight excluding hydrogens is 440 g/mol. The van der Waals surface area contributed by atoms with E-state index in [1.54, 1.807) is 0 Å². The Labute approximate surface area is 205 Å². The molecule has 3 aromatic carbocycles. The molecule has 0 radical (unpaired) electrons. The lowest BCUT2D eigenvalue weighted by Crippen LogP contribution is -2.37. The van der Waals surface area contributed by atoms with Crippen LogP contribution >= 0.6 is 11.8 Å². The number of nitrogens with zero attached hydrogens (tertiary/aromatic N) is 2. The Balaban J connectivity index is 1.68. The molecule has 0 fully saturated rings. The Bertz CT molecular complexity index is 1370. The van der Waals surface area contributed by atoms with Crippen LogP contribution in [0.25, 0.3) is 10.8 Å². The molecule has 5 rings (SSSR count). The van der Waals surface area contributed by atoms with E-state index < -0.39 is 5.41 Å². The molecule has 3 aromatic rings. The molecular formula is C29H31N2O2S+. The first-order valence-corrected chi connectivity index (χ1v) is 12.8. The first kappa shape index (κ1) is 22.7. The van der Waals surface area contributed by atoms with Crippen LogP contribution < -0.4 is 4.90 Å². The number of ether oxygens (including phenoxy) is 1. The van der Waals surface area contributed by atoms with E-state index in [0.717, 1.165) is 12.2 Å². The molecule has 0 aromatic heterocycles. The standard InChI is InChI=1S/C29H31N2O2S/c1-6-31-24-17-16-20-12-8-9-13-21(20)26(24)34-28(31)19(3)27-29(4,18-25(32)33-7-2)22-14-10-11-15-23(22)30(27)5/h8-17H,6-7,18H2,1-5H3/q+1. The lowest BCUT2D eigenvalue weighted by molar-refractivity contribution is -0.402. The van der Waals surface area contributed by atoms with E-state index in [4.69, 9.17) is 4.74 Å². The highest BCUT2D eigenvalue weighted by Gasteiger charge is 2.51. The van der Waals surface area contributed by atoms with Gasteiger partial charge in [-0.05, 0) is 44.5 Å². The second-order valence-electron chi connectivity index (χ2n) is 9.15. The molecule has 4 nitrogen and oxygen atoms in total. The van der Waals surface area contributed by atoms with Crippen LogP contribution in [-0.2, 0) is 14.9 Å². The smallest absolute Gasteiger partial charge is 0.307 e. The van der Waals surface area contributed by atoms with Crippen molar-refractivity contribution >= 4 is 45.6 Å². The van der Waals surface area contributed by atoms with Gasteiger partial charge in [-0.1, -0.05) is 60.3 Å². The molecule has 0 aliphatic carbocycles. The number of hydrogen-bond acceptors (Lipinski definition) is 4. The van der Waals surface area contributed by atoms with Gasteiger partial charge in [0, 0.05) is 28.6 Å². The van der Waals surface area contributed by atoms with Gasteiger partial charge in [-0.25, -0.2) is 0 Å². The summed E-state index contributed by atoms with van der Waals surface area (Å²) in [6.07, 6.45) is 0.314. The Hall–Kier alpha value is -3.05. The third-order valence-electron chi connectivity index (χ3n) is 7.11. The topological polar surface area (TPSA) is 32.5 Å². The number of esters is 1. The molecule has 5 heteroatoms. The minimum Gasteiger partial charge on any atom is -0.466 e. The number of hydrogen-bond donors (Lipinski definition) is 0. The van der Waals surface area contributed by atoms with Crippen LogP contribution in [0.4, 0.5) is 11.4 Å². The van der Waals surface area contributed by atoms with Crippen molar-refractivity contribution < 1.29 is 14.1 Å². The Morgan fingerprint density at radius 2 is 1.79 bits per heavy atom. The molecule has 2 heterocycles. The molecule has 0 saturated heterocycles. The maximum absolute atomic E-state index is 12.8. The minimum absolute atomic E-state index is 0.161. The number of carbonyl (C=O) groups excluding carboxylic acids is 1. The first-order chi connectivity index (χ1) is 16.4. The van der Waals surface area contributed by atoms with Crippen LogP contribution in [0.5, 0.6) is 0 Å². The van der Waals surface area contributed by atoms with Crippen molar-refractivity contribution in [3.05, 3.63) is 76.8 Å². The number of benzene rings is 3. The lowest BCUT2D eigenvalue weighted by atomic mass is 9.74. The quantitative estimate of drug-likeness (QED) is 0.308. The van der Waals surface area contributed by atoms with E-state index >= 15 is 0 Å². The highest BCUT2D eigenvalue weighted by Crippen LogP contribution is 2.52. The normalized spacial score (nSPS) is 20.6. The van der Waals surface area contributed by atoms with Crippen LogP contribution in [0.3, 0.4) is 0 Å². The average Bonchev–Trinajstić information content (AvgIpc) is 3.32. The largest absolute Gasteiger partial charge is 0.466 e. The van der Waals surface area contributed by atoms with Gasteiger partial charge in [0.1, 0.15) is 7.05 Å². The Kier molecular flexibility index (Phi) is 5.76. The molecule has 0 spiro atoms. The van der Waals surface area contributed by atoms with Crippen molar-refractivity contribution in [3.8, 4) is 0 Å². The Morgan fingerprint density at radius 1 is 1.06 bits per heavy atom. The highest BCUT2D eigenvalue weighted by molar-refractivity contribution is 8.04. The van der Waals surface area contributed by atoms with Crippen molar-refractivity contribution in [1.29, 1.82) is 0 Å². The van der Waals surface area contributed by atoms with Crippen LogP contribution in [0.15, 0.2) is 76.2 Å². The molecule has 0 bridgehead atoms. The Morgan fingerprint density at radius 3 is 2.56 bits per heavy atom. The highest BCUT2D eigenvalue weighted by atomic mass is 32.2. The summed E-state index contributed by atoms with van der Waals surface area (Å²) in [6, 6.07) is 21.5. The van der Waals surface area contributed by atoms with Gasteiger partial charge >= 0.3 is 5.97 Å². The molecule has 1 unspecified atom stereocenters. The van der Waals surface area contributed by atoms with Gasteiger partial charge in [0.05, 0.1) is 29.2 Å². The summed E-state index contributed by atoms with van der Waals surface area (Å²) in [6.45, 7) is 9.73. The minimum atomic E-state index is -0.467. The summed E-state index contributed by atoms with van der Waals surface area (Å²) in [4.78, 5) is 16.5. The molecule has 1 atom stereocenters. The SMILES string of the molecule is CCOC(=O)CC1(C)C(/C(C)=C2\Sc3c(ccc4ccccc34)N2CC)=[N+](C)c2ccccc21. The summed E-state index contributed by atoms with van der Waals surface area (Å²) >= 11 is 1.85. The van der Waals surface area contributed by atoms with Crippen molar-refractivity contribution in [1.82, 2.24) is 0 Å². The van der Waals surface area contributed by atoms with Crippen LogP contribution in [0.1, 0.15) is 39.7 Å². The zero-order chi connectivity index (χ0) is 24.0. The van der Waals surface area contributed by atoms with Crippen molar-refractivity contribution in [2.45, 2.75) is 44.4 Å². The predicted octanol–water partition coefficient (Wildman–Crippen LogP) is 6.64. The third kappa shape index (κ3) is 3.37. The fourth-order valence-electron chi connectivity index (χ4n) is 5.70. The maximum atomic E-state index is 12.8. The predicted molar refractivity (Wildman–Crippen MR) is 141 cm³/mol. The van der Waals surface area contributed by atoms with E-state index in [1.165, 1.54) is 43.2 Å². The van der Waals surface area contributed by atoms with Gasteiger partial charge in [0.25, 0.3) is 0 Å². The number of para-hydroxylation sites is 1. The summed E-state index contributed by atoms with van der Waals surface area (Å²) in [5.74, 6) is -0.161. The average molecular weight is 472 g/mol. The van der Waals surface area contributed by atoms with Gasteiger partial charge < -0.3 is 9.64 Å². The molecule has 34 heavy (non-hydrogen) atoms. The molecule has 0 N–H and O–H groups in total. The van der Waals surface area contributed by atoms with E-state index in [9.17, 15) is 4.79 Å². The fourth-order valence-corrected chi connectivity index (χ4v) is 7.06. The van der Waals surface area contributed by atoms with Gasteiger partial charge in [0.2, 0.25) is 5.69 Å². The van der Waals surface area contributed by atoms with Gasteiger partial charge in [0.15, 0.2) is 5.71 Å². The van der Waals surface area contributed by atoms with Gasteiger partial charge in [-0.15, -0.1) is 0 Å². The fraction of sp³-hybridized carbons (Fsp3) is 0.310. The number of anilines is 1. The number of fused-ring (bicyclic) bond motifs is 4. The number of rotatable bonds is 5. The summed E-state index contributed by atoms with van der Waals surface area (Å²) in [5, 5.41) is 3.78. The third-order valence-corrected chi connectivity index (χ3v) is 8.46. The molecule has 0 amide bonds. The molecule has 2 aliphatic rings. The van der Waals surface area contributed by atoms with Crippen molar-refractivity contribution in [2.75, 3.05) is 25.1 Å². The molecule has 2 aliphatic heterocycles. The van der Waals surface area contributed by atoms with Crippen molar-refractivity contribution in [2.24, 2.45) is 0 Å². The molecule has 0 saturated carbocycles. The lowest BCUT2D eigenvalue weighted by Gasteiger charge is -2.26. The maximum Gasteiger partial charge on any atom is 0.307 e.